The molecular formula is C23H24N6O3. The van der Waals surface area contributed by atoms with Crippen molar-refractivity contribution in [1.82, 2.24) is 30.2 Å². The van der Waals surface area contributed by atoms with E-state index in [1.807, 2.05) is 27.8 Å². The number of likely N-dealkylation sites (tertiary alicyclic amines) is 1. The second-order valence-electron chi connectivity index (χ2n) is 8.23. The maximum atomic E-state index is 12.9. The number of fused-ring (bicyclic) bond motifs is 1. The molecule has 1 N–H and O–H groups in total. The molecule has 9 nitrogen and oxygen atoms in total. The topological polar surface area (TPSA) is 102 Å². The Kier molecular flexibility index (Phi) is 5.40. The minimum absolute atomic E-state index is 0.0104. The Balaban J connectivity index is 1.25. The average Bonchev–Trinajstić information content (AvgIpc) is 3.24. The second-order valence-corrected chi connectivity index (χ2v) is 8.23. The SMILES string of the molecule is O=C(NCc1nnn2c1COC1(CCCN(C(=O)c3ccncc3)C1)C2)c1ccccc1. The molecule has 1 unspecified atom stereocenters. The van der Waals surface area contributed by atoms with Crippen molar-refractivity contribution in [2.45, 2.75) is 38.1 Å². The number of amides is 2. The van der Waals surface area contributed by atoms with Crippen molar-refractivity contribution in [2.24, 2.45) is 0 Å². The molecule has 1 atom stereocenters. The number of carbonyl (C=O) groups is 2. The van der Waals surface area contributed by atoms with Crippen molar-refractivity contribution in [3.05, 3.63) is 77.4 Å². The van der Waals surface area contributed by atoms with E-state index in [0.717, 1.165) is 18.5 Å². The number of carbonyl (C=O) groups excluding carboxylic acids is 2. The summed E-state index contributed by atoms with van der Waals surface area (Å²) in [6.45, 7) is 2.37. The first-order valence-electron chi connectivity index (χ1n) is 10.7. The molecule has 9 heteroatoms. The van der Waals surface area contributed by atoms with Crippen LogP contribution in [0.5, 0.6) is 0 Å². The molecule has 2 aliphatic rings. The minimum Gasteiger partial charge on any atom is -0.365 e. The lowest BCUT2D eigenvalue weighted by molar-refractivity contribution is -0.122. The molecule has 1 fully saturated rings. The molecule has 0 radical (unpaired) electrons. The first-order valence-corrected chi connectivity index (χ1v) is 10.7. The third-order valence-corrected chi connectivity index (χ3v) is 6.08. The number of nitrogens with zero attached hydrogens (tertiary/aromatic N) is 5. The number of hydrogen-bond donors (Lipinski definition) is 1. The van der Waals surface area contributed by atoms with E-state index in [-0.39, 0.29) is 18.4 Å². The molecule has 4 heterocycles. The van der Waals surface area contributed by atoms with Gasteiger partial charge in [0, 0.05) is 30.1 Å². The molecule has 2 aliphatic heterocycles. The minimum atomic E-state index is -0.480. The predicted molar refractivity (Wildman–Crippen MR) is 115 cm³/mol. The number of pyridine rings is 1. The monoisotopic (exact) mass is 432 g/mol. The maximum Gasteiger partial charge on any atom is 0.254 e. The van der Waals surface area contributed by atoms with Crippen LogP contribution in [0.3, 0.4) is 0 Å². The fourth-order valence-electron chi connectivity index (χ4n) is 4.38. The lowest BCUT2D eigenvalue weighted by Crippen LogP contribution is -2.55. The summed E-state index contributed by atoms with van der Waals surface area (Å²) < 4.78 is 8.17. The van der Waals surface area contributed by atoms with Crippen molar-refractivity contribution in [3.8, 4) is 0 Å². The Bertz CT molecular complexity index is 1120. The van der Waals surface area contributed by atoms with Gasteiger partial charge in [-0.1, -0.05) is 23.4 Å². The number of aromatic nitrogens is 4. The Morgan fingerprint density at radius 2 is 1.88 bits per heavy atom. The van der Waals surface area contributed by atoms with Crippen molar-refractivity contribution >= 4 is 11.8 Å². The lowest BCUT2D eigenvalue weighted by atomic mass is 9.91. The zero-order chi connectivity index (χ0) is 22.0. The molecule has 164 valence electrons. The van der Waals surface area contributed by atoms with Crippen LogP contribution in [0.2, 0.25) is 0 Å². The van der Waals surface area contributed by atoms with E-state index in [0.29, 0.717) is 43.1 Å². The molecule has 3 aromatic rings. The van der Waals surface area contributed by atoms with Crippen LogP contribution in [0.15, 0.2) is 54.9 Å². The maximum absolute atomic E-state index is 12.9. The third-order valence-electron chi connectivity index (χ3n) is 6.08. The van der Waals surface area contributed by atoms with Crippen LogP contribution in [0, 0.1) is 0 Å². The molecule has 0 bridgehead atoms. The number of hydrogen-bond acceptors (Lipinski definition) is 6. The van der Waals surface area contributed by atoms with Gasteiger partial charge in [-0.3, -0.25) is 14.6 Å². The summed E-state index contributed by atoms with van der Waals surface area (Å²) >= 11 is 0. The fourth-order valence-corrected chi connectivity index (χ4v) is 4.38. The fraction of sp³-hybridized carbons (Fsp3) is 0.348. The number of benzene rings is 1. The number of piperidine rings is 1. The molecule has 0 aliphatic carbocycles. The van der Waals surface area contributed by atoms with E-state index in [1.54, 1.807) is 36.7 Å². The molecule has 1 aromatic carbocycles. The molecule has 1 spiro atoms. The summed E-state index contributed by atoms with van der Waals surface area (Å²) in [5.41, 5.74) is 2.31. The normalized spacial score (nSPS) is 20.1. The van der Waals surface area contributed by atoms with E-state index in [1.165, 1.54) is 0 Å². The lowest BCUT2D eigenvalue weighted by Gasteiger charge is -2.44. The highest BCUT2D eigenvalue weighted by Crippen LogP contribution is 2.33. The summed E-state index contributed by atoms with van der Waals surface area (Å²) in [5, 5.41) is 11.5. The van der Waals surface area contributed by atoms with E-state index < -0.39 is 5.60 Å². The third kappa shape index (κ3) is 3.99. The smallest absolute Gasteiger partial charge is 0.254 e. The second kappa shape index (κ2) is 8.51. The average molecular weight is 432 g/mol. The van der Waals surface area contributed by atoms with Gasteiger partial charge < -0.3 is 15.0 Å². The Hall–Kier alpha value is -3.59. The zero-order valence-electron chi connectivity index (χ0n) is 17.6. The van der Waals surface area contributed by atoms with Crippen LogP contribution in [-0.2, 0) is 24.4 Å². The summed E-state index contributed by atoms with van der Waals surface area (Å²) in [6.07, 6.45) is 4.97. The van der Waals surface area contributed by atoms with Crippen LogP contribution in [0.4, 0.5) is 0 Å². The van der Waals surface area contributed by atoms with Gasteiger partial charge in [0.2, 0.25) is 0 Å². The highest BCUT2D eigenvalue weighted by molar-refractivity contribution is 5.94. The first-order chi connectivity index (χ1) is 15.6. The first kappa shape index (κ1) is 20.3. The van der Waals surface area contributed by atoms with Gasteiger partial charge in [-0.15, -0.1) is 5.10 Å². The highest BCUT2D eigenvalue weighted by Gasteiger charge is 2.42. The van der Waals surface area contributed by atoms with E-state index >= 15 is 0 Å². The van der Waals surface area contributed by atoms with E-state index in [9.17, 15) is 9.59 Å². The van der Waals surface area contributed by atoms with Crippen molar-refractivity contribution in [3.63, 3.8) is 0 Å². The summed E-state index contributed by atoms with van der Waals surface area (Å²) in [5.74, 6) is -0.165. The zero-order valence-corrected chi connectivity index (χ0v) is 17.6. The highest BCUT2D eigenvalue weighted by atomic mass is 16.5. The van der Waals surface area contributed by atoms with Gasteiger partial charge in [0.15, 0.2) is 0 Å². The van der Waals surface area contributed by atoms with Crippen LogP contribution in [0.1, 0.15) is 44.9 Å². The summed E-state index contributed by atoms with van der Waals surface area (Å²) in [6, 6.07) is 12.5. The van der Waals surface area contributed by atoms with E-state index in [2.05, 4.69) is 20.6 Å². The summed E-state index contributed by atoms with van der Waals surface area (Å²) in [4.78, 5) is 31.1. The quantitative estimate of drug-likeness (QED) is 0.675. The molecular weight excluding hydrogens is 408 g/mol. The number of rotatable bonds is 4. The van der Waals surface area contributed by atoms with Gasteiger partial charge in [0.1, 0.15) is 11.3 Å². The van der Waals surface area contributed by atoms with Gasteiger partial charge in [0.05, 0.1) is 31.9 Å². The van der Waals surface area contributed by atoms with Crippen LogP contribution in [0.25, 0.3) is 0 Å². The van der Waals surface area contributed by atoms with Gasteiger partial charge in [-0.2, -0.15) is 0 Å². The van der Waals surface area contributed by atoms with Crippen LogP contribution >= 0.6 is 0 Å². The van der Waals surface area contributed by atoms with Gasteiger partial charge >= 0.3 is 0 Å². The Labute approximate surface area is 185 Å². The predicted octanol–water partition coefficient (Wildman–Crippen LogP) is 1.81. The molecule has 2 amide bonds. The molecule has 1 saturated heterocycles. The standard InChI is InChI=1S/C23H24N6O3/c30-21(17-5-2-1-3-6-17)25-13-19-20-14-32-23(16-29(20)27-26-19)9-4-12-28(15-23)22(31)18-7-10-24-11-8-18/h1-3,5-8,10-11H,4,9,12-16H2,(H,25,30). The number of nitrogens with one attached hydrogen (secondary N) is 1. The van der Waals surface area contributed by atoms with Crippen molar-refractivity contribution < 1.29 is 14.3 Å². The number of ether oxygens (including phenoxy) is 1. The van der Waals surface area contributed by atoms with Crippen molar-refractivity contribution in [2.75, 3.05) is 13.1 Å². The molecule has 5 rings (SSSR count). The van der Waals surface area contributed by atoms with Gasteiger partial charge in [0.25, 0.3) is 11.8 Å². The molecule has 32 heavy (non-hydrogen) atoms. The summed E-state index contributed by atoms with van der Waals surface area (Å²) in [7, 11) is 0. The van der Waals surface area contributed by atoms with Crippen LogP contribution in [-0.4, -0.2) is 55.4 Å². The van der Waals surface area contributed by atoms with Gasteiger partial charge in [-0.05, 0) is 37.1 Å². The molecule has 2 aromatic heterocycles. The van der Waals surface area contributed by atoms with Gasteiger partial charge in [-0.25, -0.2) is 4.68 Å². The largest absolute Gasteiger partial charge is 0.365 e. The molecule has 0 saturated carbocycles. The van der Waals surface area contributed by atoms with Crippen LogP contribution < -0.4 is 5.32 Å². The Morgan fingerprint density at radius 3 is 2.69 bits per heavy atom. The van der Waals surface area contributed by atoms with E-state index in [4.69, 9.17) is 4.74 Å². The Morgan fingerprint density at radius 1 is 1.06 bits per heavy atom. The van der Waals surface area contributed by atoms with Crippen molar-refractivity contribution in [1.29, 1.82) is 0 Å².